The first-order valence-electron chi connectivity index (χ1n) is 9.42. The van der Waals surface area contributed by atoms with Crippen LogP contribution in [0.4, 0.5) is 0 Å². The number of carbonyl (C=O) groups is 2. The molecule has 4 nitrogen and oxygen atoms in total. The first-order valence-corrected chi connectivity index (χ1v) is 9.42. The number of methoxy groups -OCH3 is 1. The molecular formula is C21H32O4. The smallest absolute Gasteiger partial charge is 0.309 e. The lowest BCUT2D eigenvalue weighted by Gasteiger charge is -2.33. The second-order valence-electron chi connectivity index (χ2n) is 7.98. The van der Waals surface area contributed by atoms with E-state index >= 15 is 0 Å². The Labute approximate surface area is 151 Å². The maximum absolute atomic E-state index is 12.3. The third-order valence-corrected chi connectivity index (χ3v) is 5.77. The van der Waals surface area contributed by atoms with Gasteiger partial charge in [-0.3, -0.25) is 9.59 Å². The fraction of sp³-hybridized carbons (Fsp3) is 0.714. The Morgan fingerprint density at radius 3 is 2.64 bits per heavy atom. The molecule has 0 aromatic carbocycles. The Morgan fingerprint density at radius 1 is 1.24 bits per heavy atom. The highest BCUT2D eigenvalue weighted by molar-refractivity contribution is 5.75. The highest BCUT2D eigenvalue weighted by Crippen LogP contribution is 2.42. The fourth-order valence-corrected chi connectivity index (χ4v) is 3.87. The molecule has 2 aliphatic rings. The summed E-state index contributed by atoms with van der Waals surface area (Å²) in [4.78, 5) is 24.3. The van der Waals surface area contributed by atoms with Gasteiger partial charge in [0, 0.05) is 5.41 Å². The Balaban J connectivity index is 2.22. The maximum Gasteiger partial charge on any atom is 0.309 e. The van der Waals surface area contributed by atoms with Crippen molar-refractivity contribution in [2.75, 3.05) is 7.11 Å². The number of fused-ring (bicyclic) bond motifs is 2. The first-order chi connectivity index (χ1) is 11.8. The molecule has 0 unspecified atom stereocenters. The van der Waals surface area contributed by atoms with Crippen LogP contribution >= 0.6 is 0 Å². The third kappa shape index (κ3) is 5.45. The number of carbonyl (C=O) groups excluding carboxylic acids is 2. The van der Waals surface area contributed by atoms with Crippen molar-refractivity contribution in [3.63, 3.8) is 0 Å². The van der Waals surface area contributed by atoms with Gasteiger partial charge in [-0.1, -0.05) is 30.2 Å². The number of esters is 2. The molecule has 0 aromatic rings. The van der Waals surface area contributed by atoms with E-state index in [2.05, 4.69) is 32.9 Å². The van der Waals surface area contributed by atoms with E-state index in [0.717, 1.165) is 38.5 Å². The minimum absolute atomic E-state index is 0.0504. The molecule has 0 radical (unpaired) electrons. The average molecular weight is 348 g/mol. The lowest BCUT2D eigenvalue weighted by molar-refractivity contribution is -0.154. The van der Waals surface area contributed by atoms with Gasteiger partial charge in [0.2, 0.25) is 0 Å². The molecule has 4 heteroatoms. The highest BCUT2D eigenvalue weighted by atomic mass is 16.6. The normalized spacial score (nSPS) is 35.6. The number of rotatable bonds is 2. The zero-order valence-electron chi connectivity index (χ0n) is 16.1. The van der Waals surface area contributed by atoms with Gasteiger partial charge in [-0.15, -0.1) is 0 Å². The van der Waals surface area contributed by atoms with E-state index in [9.17, 15) is 9.59 Å². The molecule has 0 saturated carbocycles. The molecule has 0 aromatic heterocycles. The van der Waals surface area contributed by atoms with Crippen LogP contribution in [0.25, 0.3) is 0 Å². The number of hydrogen-bond donors (Lipinski definition) is 0. The van der Waals surface area contributed by atoms with Gasteiger partial charge in [0.1, 0.15) is 6.10 Å². The van der Waals surface area contributed by atoms with Crippen molar-refractivity contribution in [2.24, 2.45) is 11.3 Å². The molecule has 2 bridgehead atoms. The van der Waals surface area contributed by atoms with Crippen LogP contribution in [0, 0.1) is 11.3 Å². The quantitative estimate of drug-likeness (QED) is 0.534. The third-order valence-electron chi connectivity index (χ3n) is 5.77. The number of hydrogen-bond acceptors (Lipinski definition) is 4. The molecule has 0 amide bonds. The molecule has 1 aliphatic heterocycles. The van der Waals surface area contributed by atoms with E-state index in [4.69, 9.17) is 9.47 Å². The summed E-state index contributed by atoms with van der Waals surface area (Å²) >= 11 is 0. The molecular weight excluding hydrogens is 316 g/mol. The molecule has 25 heavy (non-hydrogen) atoms. The van der Waals surface area contributed by atoms with Crippen molar-refractivity contribution in [1.29, 1.82) is 0 Å². The van der Waals surface area contributed by atoms with Gasteiger partial charge in [-0.25, -0.2) is 0 Å². The minimum atomic E-state index is -0.372. The molecule has 2 rings (SSSR count). The van der Waals surface area contributed by atoms with Crippen LogP contribution in [0.3, 0.4) is 0 Å². The second kappa shape index (κ2) is 8.68. The van der Waals surface area contributed by atoms with Crippen molar-refractivity contribution >= 4 is 11.9 Å². The summed E-state index contributed by atoms with van der Waals surface area (Å²) in [5.74, 6) is -0.386. The summed E-state index contributed by atoms with van der Waals surface area (Å²) < 4.78 is 10.6. The molecule has 0 N–H and O–H groups in total. The molecule has 1 saturated heterocycles. The molecule has 1 heterocycles. The zero-order chi connectivity index (χ0) is 18.4. The van der Waals surface area contributed by atoms with Crippen molar-refractivity contribution in [3.8, 4) is 0 Å². The van der Waals surface area contributed by atoms with Gasteiger partial charge >= 0.3 is 11.9 Å². The van der Waals surface area contributed by atoms with E-state index in [1.807, 2.05) is 0 Å². The van der Waals surface area contributed by atoms with E-state index in [1.165, 1.54) is 18.3 Å². The van der Waals surface area contributed by atoms with Gasteiger partial charge in [-0.05, 0) is 58.8 Å². The van der Waals surface area contributed by atoms with Crippen LogP contribution in [0.2, 0.25) is 0 Å². The molecule has 1 aliphatic carbocycles. The summed E-state index contributed by atoms with van der Waals surface area (Å²) in [5, 5.41) is 0. The molecule has 1 fully saturated rings. The fourth-order valence-electron chi connectivity index (χ4n) is 3.87. The van der Waals surface area contributed by atoms with Crippen LogP contribution in [0.5, 0.6) is 0 Å². The lowest BCUT2D eigenvalue weighted by atomic mass is 9.74. The Bertz CT molecular complexity index is 560. The molecule has 140 valence electrons. The van der Waals surface area contributed by atoms with Crippen molar-refractivity contribution in [1.82, 2.24) is 0 Å². The highest BCUT2D eigenvalue weighted by Gasteiger charge is 2.45. The molecule has 0 spiro atoms. The average Bonchev–Trinajstić information content (AvgIpc) is 2.93. The van der Waals surface area contributed by atoms with Crippen molar-refractivity contribution < 1.29 is 19.1 Å². The van der Waals surface area contributed by atoms with E-state index in [-0.39, 0.29) is 29.4 Å². The van der Waals surface area contributed by atoms with Crippen molar-refractivity contribution in [2.45, 2.75) is 78.2 Å². The standard InChI is InChI=1S/C21H32O4/c1-15-7-5-8-16(2)10-11-17-13-18(25-20(17)23)21(3,12-6-9-15)14-19(22)24-4/h8-9,17-18H,5-7,10-14H2,1-4H3/b15-9-,16-8-/t17-,18-,21-/m0/s1. The summed E-state index contributed by atoms with van der Waals surface area (Å²) in [7, 11) is 1.41. The zero-order valence-corrected chi connectivity index (χ0v) is 16.1. The van der Waals surface area contributed by atoms with Gasteiger partial charge in [0.25, 0.3) is 0 Å². The van der Waals surface area contributed by atoms with Gasteiger partial charge < -0.3 is 9.47 Å². The van der Waals surface area contributed by atoms with Crippen LogP contribution in [0.15, 0.2) is 23.3 Å². The van der Waals surface area contributed by atoms with Gasteiger partial charge in [-0.2, -0.15) is 0 Å². The van der Waals surface area contributed by atoms with Crippen LogP contribution in [0.1, 0.15) is 72.1 Å². The molecule has 3 atom stereocenters. The summed E-state index contributed by atoms with van der Waals surface area (Å²) in [5.41, 5.74) is 2.35. The van der Waals surface area contributed by atoms with Crippen LogP contribution < -0.4 is 0 Å². The number of ether oxygens (including phenoxy) is 2. The van der Waals surface area contributed by atoms with E-state index < -0.39 is 0 Å². The van der Waals surface area contributed by atoms with Gasteiger partial charge in [0.05, 0.1) is 19.4 Å². The summed E-state index contributed by atoms with van der Waals surface area (Å²) in [6.07, 6.45) is 10.9. The second-order valence-corrected chi connectivity index (χ2v) is 7.98. The predicted molar refractivity (Wildman–Crippen MR) is 97.9 cm³/mol. The summed E-state index contributed by atoms with van der Waals surface area (Å²) in [6, 6.07) is 0. The SMILES string of the molecule is COC(=O)C[C@]1(C)CC/C=C(/C)CC/C=C(/C)CC[C@H]2C[C@@H]1OC2=O. The number of allylic oxidation sites excluding steroid dienone is 4. The topological polar surface area (TPSA) is 52.6 Å². The maximum atomic E-state index is 12.3. The van der Waals surface area contributed by atoms with Gasteiger partial charge in [0.15, 0.2) is 0 Å². The van der Waals surface area contributed by atoms with Crippen LogP contribution in [-0.4, -0.2) is 25.2 Å². The monoisotopic (exact) mass is 348 g/mol. The van der Waals surface area contributed by atoms with E-state index in [1.54, 1.807) is 0 Å². The van der Waals surface area contributed by atoms with Crippen LogP contribution in [-0.2, 0) is 19.1 Å². The Morgan fingerprint density at radius 2 is 1.92 bits per heavy atom. The Kier molecular flexibility index (Phi) is 6.86. The first kappa shape index (κ1) is 19.7. The summed E-state index contributed by atoms with van der Waals surface area (Å²) in [6.45, 7) is 6.37. The Hall–Kier alpha value is -1.58. The predicted octanol–water partition coefficient (Wildman–Crippen LogP) is 4.73. The lowest BCUT2D eigenvalue weighted by Crippen LogP contribution is -2.35. The minimum Gasteiger partial charge on any atom is -0.469 e. The largest absolute Gasteiger partial charge is 0.469 e. The van der Waals surface area contributed by atoms with E-state index in [0.29, 0.717) is 12.8 Å². The van der Waals surface area contributed by atoms with Crippen molar-refractivity contribution in [3.05, 3.63) is 23.3 Å².